The maximum Gasteiger partial charge on any atom is 0.189 e. The Morgan fingerprint density at radius 2 is 2.27 bits per heavy atom. The van der Waals surface area contributed by atoms with Crippen LogP contribution < -0.4 is 0 Å². The van der Waals surface area contributed by atoms with E-state index in [2.05, 4.69) is 15.9 Å². The molecule has 0 aliphatic rings. The van der Waals surface area contributed by atoms with Gasteiger partial charge in [0.05, 0.1) is 0 Å². The second-order valence-electron chi connectivity index (χ2n) is 3.10. The van der Waals surface area contributed by atoms with Crippen LogP contribution in [-0.2, 0) is 4.74 Å². The van der Waals surface area contributed by atoms with E-state index in [9.17, 15) is 4.79 Å². The van der Waals surface area contributed by atoms with Gasteiger partial charge in [-0.05, 0) is 24.6 Å². The molecule has 0 N–H and O–H groups in total. The van der Waals surface area contributed by atoms with Crippen LogP contribution in [0, 0.1) is 0 Å². The first kappa shape index (κ1) is 12.7. The molecule has 0 spiro atoms. The monoisotopic (exact) mass is 290 g/mol. The van der Waals surface area contributed by atoms with E-state index in [1.165, 1.54) is 0 Å². The lowest BCUT2D eigenvalue weighted by Crippen LogP contribution is -2.10. The molecule has 0 unspecified atom stereocenters. The number of ether oxygens (including phenoxy) is 1. The first-order chi connectivity index (χ1) is 7.15. The van der Waals surface area contributed by atoms with Gasteiger partial charge >= 0.3 is 0 Å². The van der Waals surface area contributed by atoms with Crippen molar-refractivity contribution in [2.45, 2.75) is 13.3 Å². The summed E-state index contributed by atoms with van der Waals surface area (Å²) < 4.78 is 5.93. The molecule has 1 rings (SSSR count). The van der Waals surface area contributed by atoms with Crippen molar-refractivity contribution in [2.75, 3.05) is 13.2 Å². The summed E-state index contributed by atoms with van der Waals surface area (Å²) in [5, 5.41) is 0.553. The Hall–Kier alpha value is -0.380. The zero-order valence-corrected chi connectivity index (χ0v) is 10.8. The molecule has 0 aromatic heterocycles. The van der Waals surface area contributed by atoms with Gasteiger partial charge < -0.3 is 4.74 Å². The number of carbonyl (C=O) groups is 1. The first-order valence-electron chi connectivity index (χ1n) is 4.71. The summed E-state index contributed by atoms with van der Waals surface area (Å²) in [6.45, 7) is 2.70. The smallest absolute Gasteiger partial charge is 0.189 e. The topological polar surface area (TPSA) is 26.3 Å². The lowest BCUT2D eigenvalue weighted by atomic mass is 10.1. The molecule has 1 aromatic rings. The van der Waals surface area contributed by atoms with E-state index in [1.54, 1.807) is 18.2 Å². The highest BCUT2D eigenvalue weighted by molar-refractivity contribution is 9.10. The van der Waals surface area contributed by atoms with Gasteiger partial charge in [0.15, 0.2) is 5.78 Å². The van der Waals surface area contributed by atoms with Crippen LogP contribution in [0.15, 0.2) is 22.7 Å². The predicted molar refractivity (Wildman–Crippen MR) is 64.6 cm³/mol. The highest BCUT2D eigenvalue weighted by atomic mass is 79.9. The molecule has 0 saturated carbocycles. The molecule has 15 heavy (non-hydrogen) atoms. The van der Waals surface area contributed by atoms with E-state index in [4.69, 9.17) is 16.3 Å². The third-order valence-electron chi connectivity index (χ3n) is 1.81. The van der Waals surface area contributed by atoms with E-state index in [-0.39, 0.29) is 12.4 Å². The zero-order chi connectivity index (χ0) is 11.3. The Labute approximate surface area is 103 Å². The number of carbonyl (C=O) groups excluding carboxylic acids is 1. The molecule has 2 nitrogen and oxygen atoms in total. The number of rotatable bonds is 5. The number of ketones is 1. The van der Waals surface area contributed by atoms with E-state index in [0.29, 0.717) is 17.2 Å². The molecule has 82 valence electrons. The van der Waals surface area contributed by atoms with Gasteiger partial charge in [-0.2, -0.15) is 0 Å². The van der Waals surface area contributed by atoms with Crippen LogP contribution >= 0.6 is 27.5 Å². The Morgan fingerprint density at radius 3 is 2.93 bits per heavy atom. The Balaban J connectivity index is 2.68. The molecule has 4 heteroatoms. The molecule has 0 aliphatic carbocycles. The van der Waals surface area contributed by atoms with Gasteiger partial charge in [-0.15, -0.1) is 0 Å². The number of halogens is 2. The zero-order valence-electron chi connectivity index (χ0n) is 8.43. The summed E-state index contributed by atoms with van der Waals surface area (Å²) in [6.07, 6.45) is 0.907. The lowest BCUT2D eigenvalue weighted by Gasteiger charge is -2.04. The fraction of sp³-hybridized carbons (Fsp3) is 0.364. The fourth-order valence-corrected chi connectivity index (χ4v) is 1.74. The Kier molecular flexibility index (Phi) is 5.29. The summed E-state index contributed by atoms with van der Waals surface area (Å²) in [6, 6.07) is 5.13. The molecule has 0 aliphatic heterocycles. The van der Waals surface area contributed by atoms with Crippen LogP contribution in [-0.4, -0.2) is 19.0 Å². The first-order valence-corrected chi connectivity index (χ1v) is 5.88. The number of Topliss-reactive ketones (excluding diaryl/α,β-unsaturated/α-hetero) is 1. The van der Waals surface area contributed by atoms with Crippen LogP contribution in [0.2, 0.25) is 5.02 Å². The second-order valence-corrected chi connectivity index (χ2v) is 4.39. The van der Waals surface area contributed by atoms with Crippen molar-refractivity contribution < 1.29 is 9.53 Å². The van der Waals surface area contributed by atoms with Crippen molar-refractivity contribution in [3.8, 4) is 0 Å². The standard InChI is InChI=1S/C11H12BrClO2/c1-2-5-15-7-11(14)9-6-8(13)3-4-10(9)12/h3-4,6H,2,5,7H2,1H3. The average molecular weight is 292 g/mol. The summed E-state index contributed by atoms with van der Waals surface area (Å²) in [5.74, 6) is -0.0576. The molecule has 0 atom stereocenters. The van der Waals surface area contributed by atoms with E-state index < -0.39 is 0 Å². The van der Waals surface area contributed by atoms with Gasteiger partial charge in [-0.25, -0.2) is 0 Å². The normalized spacial score (nSPS) is 10.3. The van der Waals surface area contributed by atoms with Gasteiger partial charge in [-0.3, -0.25) is 4.79 Å². The summed E-state index contributed by atoms with van der Waals surface area (Å²) in [7, 11) is 0. The molecule has 0 bridgehead atoms. The third-order valence-corrected chi connectivity index (χ3v) is 2.74. The molecule has 1 aromatic carbocycles. The van der Waals surface area contributed by atoms with Crippen LogP contribution in [0.4, 0.5) is 0 Å². The number of hydrogen-bond donors (Lipinski definition) is 0. The number of hydrogen-bond acceptors (Lipinski definition) is 2. The number of benzene rings is 1. The van der Waals surface area contributed by atoms with Crippen molar-refractivity contribution in [2.24, 2.45) is 0 Å². The SMILES string of the molecule is CCCOCC(=O)c1cc(Cl)ccc1Br. The Bertz CT molecular complexity index is 352. The van der Waals surface area contributed by atoms with Crippen molar-refractivity contribution in [3.63, 3.8) is 0 Å². The molecule has 0 amide bonds. The van der Waals surface area contributed by atoms with Gasteiger partial charge in [0, 0.05) is 21.7 Å². The van der Waals surface area contributed by atoms with E-state index in [0.717, 1.165) is 10.9 Å². The highest BCUT2D eigenvalue weighted by Gasteiger charge is 2.10. The maximum absolute atomic E-state index is 11.7. The van der Waals surface area contributed by atoms with E-state index in [1.807, 2.05) is 6.92 Å². The van der Waals surface area contributed by atoms with Crippen molar-refractivity contribution in [3.05, 3.63) is 33.3 Å². The minimum Gasteiger partial charge on any atom is -0.373 e. The van der Waals surface area contributed by atoms with Crippen molar-refractivity contribution in [1.82, 2.24) is 0 Å². The minimum atomic E-state index is -0.0576. The largest absolute Gasteiger partial charge is 0.373 e. The molecular weight excluding hydrogens is 279 g/mol. The third kappa shape index (κ3) is 3.93. The quantitative estimate of drug-likeness (QED) is 0.610. The molecule has 0 fully saturated rings. The predicted octanol–water partition coefficient (Wildman–Crippen LogP) is 3.71. The molecule has 0 heterocycles. The van der Waals surface area contributed by atoms with Crippen LogP contribution in [0.3, 0.4) is 0 Å². The van der Waals surface area contributed by atoms with Crippen LogP contribution in [0.1, 0.15) is 23.7 Å². The van der Waals surface area contributed by atoms with Gasteiger partial charge in [0.1, 0.15) is 6.61 Å². The minimum absolute atomic E-state index is 0.0576. The molecular formula is C11H12BrClO2. The van der Waals surface area contributed by atoms with Crippen LogP contribution in [0.5, 0.6) is 0 Å². The molecule has 0 radical (unpaired) electrons. The average Bonchev–Trinajstić information content (AvgIpc) is 2.22. The summed E-state index contributed by atoms with van der Waals surface area (Å²) in [5.41, 5.74) is 0.568. The van der Waals surface area contributed by atoms with Crippen molar-refractivity contribution >= 4 is 33.3 Å². The van der Waals surface area contributed by atoms with Gasteiger partial charge in [0.25, 0.3) is 0 Å². The fourth-order valence-electron chi connectivity index (χ4n) is 1.10. The van der Waals surface area contributed by atoms with Crippen molar-refractivity contribution in [1.29, 1.82) is 0 Å². The molecule has 0 saturated heterocycles. The maximum atomic E-state index is 11.7. The van der Waals surface area contributed by atoms with Gasteiger partial charge in [0.2, 0.25) is 0 Å². The lowest BCUT2D eigenvalue weighted by molar-refractivity contribution is 0.0760. The van der Waals surface area contributed by atoms with Gasteiger partial charge in [-0.1, -0.05) is 34.5 Å². The Morgan fingerprint density at radius 1 is 1.53 bits per heavy atom. The highest BCUT2D eigenvalue weighted by Crippen LogP contribution is 2.21. The van der Waals surface area contributed by atoms with E-state index >= 15 is 0 Å². The second kappa shape index (κ2) is 6.26. The summed E-state index contributed by atoms with van der Waals surface area (Å²) in [4.78, 5) is 11.7. The van der Waals surface area contributed by atoms with Crippen LogP contribution in [0.25, 0.3) is 0 Å². The summed E-state index contributed by atoms with van der Waals surface area (Å²) >= 11 is 9.11.